The van der Waals surface area contributed by atoms with E-state index in [0.29, 0.717) is 0 Å². The molecule has 0 spiro atoms. The first-order valence-corrected chi connectivity index (χ1v) is 15.5. The van der Waals surface area contributed by atoms with Crippen LogP contribution in [0.5, 0.6) is 0 Å². The number of rotatable bonds is 16. The Morgan fingerprint density at radius 3 is 1.61 bits per heavy atom. The van der Waals surface area contributed by atoms with Gasteiger partial charge >= 0.3 is 0 Å². The topological polar surface area (TPSA) is 0 Å². The Labute approximate surface area is 214 Å². The molecule has 188 valence electrons. The minimum Gasteiger partial charge on any atom is -0.143 e. The van der Waals surface area contributed by atoms with E-state index in [2.05, 4.69) is 78.3 Å². The van der Waals surface area contributed by atoms with Crippen molar-refractivity contribution in [3.8, 4) is 9.75 Å². The highest BCUT2D eigenvalue weighted by atomic mass is 32.1. The van der Waals surface area contributed by atoms with E-state index in [0.717, 1.165) is 23.7 Å². The zero-order chi connectivity index (χ0) is 24.4. The molecule has 0 saturated carbocycles. The van der Waals surface area contributed by atoms with Crippen LogP contribution in [0.25, 0.3) is 9.75 Å². The molecule has 0 amide bonds. The largest absolute Gasteiger partial charge is 0.143 e. The average molecular weight is 489 g/mol. The number of aryl methyl sites for hydroxylation is 1. The van der Waals surface area contributed by atoms with Crippen LogP contribution in [0, 0.1) is 30.6 Å². The van der Waals surface area contributed by atoms with Gasteiger partial charge in [-0.3, -0.25) is 0 Å². The van der Waals surface area contributed by atoms with Crippen LogP contribution in [0.1, 0.15) is 124 Å². The number of hydrogen-bond donors (Lipinski definition) is 0. The van der Waals surface area contributed by atoms with E-state index in [1.165, 1.54) is 74.6 Å². The van der Waals surface area contributed by atoms with Crippen LogP contribution < -0.4 is 0 Å². The van der Waals surface area contributed by atoms with E-state index in [1.54, 1.807) is 10.4 Å². The molecule has 0 saturated heterocycles. The molecule has 2 aromatic rings. The normalized spacial score (nSPS) is 15.8. The van der Waals surface area contributed by atoms with Gasteiger partial charge in [0.2, 0.25) is 0 Å². The van der Waals surface area contributed by atoms with Crippen molar-refractivity contribution < 1.29 is 0 Å². The van der Waals surface area contributed by atoms with Crippen molar-refractivity contribution >= 4 is 22.7 Å². The van der Waals surface area contributed by atoms with Gasteiger partial charge in [-0.2, -0.15) is 0 Å². The van der Waals surface area contributed by atoms with Crippen LogP contribution in [-0.4, -0.2) is 0 Å². The fourth-order valence-electron chi connectivity index (χ4n) is 5.13. The predicted octanol–water partition coefficient (Wildman–Crippen LogP) is 11.5. The molecule has 2 atom stereocenters. The van der Waals surface area contributed by atoms with Gasteiger partial charge in [0.25, 0.3) is 0 Å². The Bertz CT molecular complexity index is 754. The van der Waals surface area contributed by atoms with Gasteiger partial charge in [-0.1, -0.05) is 87.0 Å². The van der Waals surface area contributed by atoms with Crippen LogP contribution in [0.2, 0.25) is 0 Å². The van der Waals surface area contributed by atoms with E-state index >= 15 is 0 Å². The molecule has 33 heavy (non-hydrogen) atoms. The highest BCUT2D eigenvalue weighted by Gasteiger charge is 2.31. The maximum atomic E-state index is 2.59. The minimum absolute atomic E-state index is 0.282. The number of hydrogen-bond acceptors (Lipinski definition) is 2. The van der Waals surface area contributed by atoms with Crippen molar-refractivity contribution in [1.29, 1.82) is 0 Å². The van der Waals surface area contributed by atoms with E-state index in [-0.39, 0.29) is 5.41 Å². The Morgan fingerprint density at radius 2 is 1.15 bits per heavy atom. The minimum atomic E-state index is 0.282. The lowest BCUT2D eigenvalue weighted by Gasteiger charge is -2.33. The molecule has 0 N–H and O–H groups in total. The monoisotopic (exact) mass is 488 g/mol. The van der Waals surface area contributed by atoms with Gasteiger partial charge in [0.1, 0.15) is 0 Å². The van der Waals surface area contributed by atoms with Gasteiger partial charge in [0, 0.05) is 9.75 Å². The van der Waals surface area contributed by atoms with Crippen LogP contribution >= 0.6 is 22.7 Å². The van der Waals surface area contributed by atoms with E-state index < -0.39 is 0 Å². The maximum Gasteiger partial charge on any atom is 0.0482 e. The molecular formula is C31H52S2. The van der Waals surface area contributed by atoms with Gasteiger partial charge in [0.05, 0.1) is 0 Å². The van der Waals surface area contributed by atoms with Crippen molar-refractivity contribution in [3.05, 3.63) is 34.0 Å². The fourth-order valence-corrected chi connectivity index (χ4v) is 7.35. The molecule has 0 aliphatic heterocycles. The SMILES string of the molecule is Cc1ccsc1-c1sccc1C(C)(CCC(C)CCCC(C)C)CCC(C)CCCC(C)C. The van der Waals surface area contributed by atoms with Gasteiger partial charge in [-0.25, -0.2) is 0 Å². The molecule has 2 aromatic heterocycles. The van der Waals surface area contributed by atoms with E-state index in [4.69, 9.17) is 0 Å². The van der Waals surface area contributed by atoms with Crippen molar-refractivity contribution in [1.82, 2.24) is 0 Å². The summed E-state index contributed by atoms with van der Waals surface area (Å²) in [5, 5.41) is 4.61. The van der Waals surface area contributed by atoms with Crippen molar-refractivity contribution in [3.63, 3.8) is 0 Å². The fraction of sp³-hybridized carbons (Fsp3) is 0.742. The third kappa shape index (κ3) is 9.52. The summed E-state index contributed by atoms with van der Waals surface area (Å²) < 4.78 is 0. The maximum absolute atomic E-state index is 2.59. The molecule has 0 radical (unpaired) electrons. The predicted molar refractivity (Wildman–Crippen MR) is 154 cm³/mol. The van der Waals surface area contributed by atoms with Crippen LogP contribution in [-0.2, 0) is 5.41 Å². The summed E-state index contributed by atoms with van der Waals surface area (Å²) in [6.45, 7) is 19.3. The first-order valence-electron chi connectivity index (χ1n) is 13.7. The lowest BCUT2D eigenvalue weighted by atomic mass is 9.72. The second-order valence-corrected chi connectivity index (χ2v) is 13.9. The van der Waals surface area contributed by atoms with Crippen molar-refractivity contribution in [2.45, 2.75) is 125 Å². The second-order valence-electron chi connectivity index (χ2n) is 12.1. The standard InChI is InChI=1S/C31H52S2/c1-23(2)11-9-13-25(5)15-19-31(8,20-16-26(6)14-10-12-24(3)4)28-18-22-33-30(28)29-27(7)17-21-32-29/h17-18,21-26H,9-16,19-20H2,1-8H3. The second kappa shape index (κ2) is 14.1. The highest BCUT2D eigenvalue weighted by molar-refractivity contribution is 7.20. The summed E-state index contributed by atoms with van der Waals surface area (Å²) in [4.78, 5) is 3.05. The molecule has 2 heterocycles. The average Bonchev–Trinajstić information content (AvgIpc) is 3.39. The molecule has 2 rings (SSSR count). The zero-order valence-electron chi connectivity index (χ0n) is 23.0. The summed E-state index contributed by atoms with van der Waals surface area (Å²) >= 11 is 3.89. The molecule has 0 bridgehead atoms. The van der Waals surface area contributed by atoms with Crippen LogP contribution in [0.3, 0.4) is 0 Å². The highest BCUT2D eigenvalue weighted by Crippen LogP contribution is 2.46. The molecule has 2 unspecified atom stereocenters. The summed E-state index contributed by atoms with van der Waals surface area (Å²) in [7, 11) is 0. The third-order valence-corrected chi connectivity index (χ3v) is 9.81. The Hall–Kier alpha value is -0.600. The Morgan fingerprint density at radius 1 is 0.667 bits per heavy atom. The van der Waals surface area contributed by atoms with Crippen LogP contribution in [0.4, 0.5) is 0 Å². The smallest absolute Gasteiger partial charge is 0.0482 e. The van der Waals surface area contributed by atoms with Crippen molar-refractivity contribution in [2.75, 3.05) is 0 Å². The molecule has 0 aliphatic carbocycles. The molecule has 0 aliphatic rings. The Balaban J connectivity index is 2.11. The Kier molecular flexibility index (Phi) is 12.2. The quantitative estimate of drug-likeness (QED) is 0.220. The van der Waals surface area contributed by atoms with Crippen molar-refractivity contribution in [2.24, 2.45) is 23.7 Å². The summed E-state index contributed by atoms with van der Waals surface area (Å²) in [6, 6.07) is 4.75. The lowest BCUT2D eigenvalue weighted by molar-refractivity contribution is 0.306. The van der Waals surface area contributed by atoms with Gasteiger partial charge in [0.15, 0.2) is 0 Å². The lowest BCUT2D eigenvalue weighted by Crippen LogP contribution is -2.24. The molecule has 2 heteroatoms. The summed E-state index contributed by atoms with van der Waals surface area (Å²) in [5.74, 6) is 3.33. The van der Waals surface area contributed by atoms with E-state index in [1.807, 2.05) is 22.7 Å². The summed E-state index contributed by atoms with van der Waals surface area (Å²) in [6.07, 6.45) is 13.7. The van der Waals surface area contributed by atoms with Gasteiger partial charge < -0.3 is 0 Å². The van der Waals surface area contributed by atoms with Gasteiger partial charge in [-0.15, -0.1) is 22.7 Å². The molecule has 0 aromatic carbocycles. The molecule has 0 nitrogen and oxygen atoms in total. The number of thiophene rings is 2. The zero-order valence-corrected chi connectivity index (χ0v) is 24.6. The van der Waals surface area contributed by atoms with E-state index in [9.17, 15) is 0 Å². The third-order valence-electron chi connectivity index (χ3n) is 7.72. The molecular weight excluding hydrogens is 436 g/mol. The van der Waals surface area contributed by atoms with Gasteiger partial charge in [-0.05, 0) is 95.7 Å². The summed E-state index contributed by atoms with van der Waals surface area (Å²) in [5.41, 5.74) is 3.35. The van der Waals surface area contributed by atoms with Crippen LogP contribution in [0.15, 0.2) is 22.9 Å². The first-order chi connectivity index (χ1) is 15.6. The first kappa shape index (κ1) is 28.6. The molecule has 0 fully saturated rings.